The molecule has 1 amide bonds. The predicted octanol–water partition coefficient (Wildman–Crippen LogP) is 4.79. The molecular weight excluding hydrogens is 416 g/mol. The number of para-hydroxylation sites is 1. The maximum atomic E-state index is 12.9. The quantitative estimate of drug-likeness (QED) is 0.381. The van der Waals surface area contributed by atoms with Crippen molar-refractivity contribution in [2.45, 2.75) is 5.92 Å². The molecule has 2 aromatic carbocycles. The van der Waals surface area contributed by atoms with Gasteiger partial charge in [-0.2, -0.15) is 0 Å². The monoisotopic (exact) mass is 438 g/mol. The van der Waals surface area contributed by atoms with Gasteiger partial charge >= 0.3 is 0 Å². The number of ether oxygens (including phenoxy) is 1. The number of hydrogen-bond acceptors (Lipinski definition) is 5. The zero-order valence-corrected chi connectivity index (χ0v) is 18.0. The Kier molecular flexibility index (Phi) is 5.59. The third kappa shape index (κ3) is 4.21. The van der Waals surface area contributed by atoms with E-state index in [2.05, 4.69) is 26.5 Å². The van der Waals surface area contributed by atoms with Gasteiger partial charge in [0.2, 0.25) is 0 Å². The second-order valence-corrected chi connectivity index (χ2v) is 7.64. The first-order valence-electron chi connectivity index (χ1n) is 10.6. The van der Waals surface area contributed by atoms with Gasteiger partial charge in [0, 0.05) is 53.6 Å². The third-order valence-corrected chi connectivity index (χ3v) is 5.69. The fourth-order valence-electron chi connectivity index (χ4n) is 3.95. The number of rotatable bonds is 7. The Morgan fingerprint density at radius 3 is 2.67 bits per heavy atom. The Labute approximate surface area is 190 Å². The highest BCUT2D eigenvalue weighted by atomic mass is 16.5. The summed E-state index contributed by atoms with van der Waals surface area (Å²) in [7, 11) is 1.64. The lowest BCUT2D eigenvalue weighted by molar-refractivity contribution is 0.0943. The average Bonchev–Trinajstić information content (AvgIpc) is 3.53. The Bertz CT molecular complexity index is 1370. The number of hydrogen-bond donors (Lipinski definition) is 2. The lowest BCUT2D eigenvalue weighted by Crippen LogP contribution is -2.29. The largest absolute Gasteiger partial charge is 0.497 e. The van der Waals surface area contributed by atoms with E-state index in [1.165, 1.54) is 0 Å². The minimum atomic E-state index is -0.294. The summed E-state index contributed by atoms with van der Waals surface area (Å²) >= 11 is 0. The first kappa shape index (κ1) is 20.5. The van der Waals surface area contributed by atoms with E-state index in [9.17, 15) is 4.79 Å². The van der Waals surface area contributed by atoms with Crippen molar-refractivity contribution >= 4 is 16.8 Å². The van der Waals surface area contributed by atoms with Crippen LogP contribution in [0.25, 0.3) is 22.2 Å². The molecular formula is C26H22N4O3. The molecule has 0 radical (unpaired) electrons. The van der Waals surface area contributed by atoms with Gasteiger partial charge in [0.1, 0.15) is 5.75 Å². The number of amides is 1. The summed E-state index contributed by atoms with van der Waals surface area (Å²) in [5.41, 5.74) is 4.27. The lowest BCUT2D eigenvalue weighted by Gasteiger charge is -2.18. The van der Waals surface area contributed by atoms with Gasteiger partial charge in [-0.3, -0.25) is 9.78 Å². The van der Waals surface area contributed by atoms with E-state index in [0.29, 0.717) is 12.3 Å². The van der Waals surface area contributed by atoms with E-state index in [4.69, 9.17) is 9.26 Å². The Hall–Kier alpha value is -4.39. The maximum absolute atomic E-state index is 12.9. The highest BCUT2D eigenvalue weighted by Crippen LogP contribution is 2.31. The Balaban J connectivity index is 1.40. The van der Waals surface area contributed by atoms with Crippen molar-refractivity contribution in [2.75, 3.05) is 13.7 Å². The fourth-order valence-corrected chi connectivity index (χ4v) is 3.95. The molecule has 0 aliphatic rings. The minimum Gasteiger partial charge on any atom is -0.497 e. The van der Waals surface area contributed by atoms with Crippen molar-refractivity contribution in [2.24, 2.45) is 0 Å². The zero-order chi connectivity index (χ0) is 22.6. The summed E-state index contributed by atoms with van der Waals surface area (Å²) in [6, 6.07) is 21.3. The van der Waals surface area contributed by atoms with Crippen molar-refractivity contribution < 1.29 is 14.1 Å². The van der Waals surface area contributed by atoms with Crippen LogP contribution in [-0.4, -0.2) is 34.7 Å². The Morgan fingerprint density at radius 1 is 1.09 bits per heavy atom. The number of carbonyl (C=O) groups is 1. The minimum absolute atomic E-state index is 0.0671. The van der Waals surface area contributed by atoms with Crippen molar-refractivity contribution in [3.8, 4) is 17.1 Å². The molecule has 164 valence electrons. The fraction of sp³-hybridized carbons (Fsp3) is 0.115. The van der Waals surface area contributed by atoms with Gasteiger partial charge in [0.15, 0.2) is 11.5 Å². The van der Waals surface area contributed by atoms with E-state index in [1.807, 2.05) is 48.7 Å². The van der Waals surface area contributed by atoms with Gasteiger partial charge in [-0.1, -0.05) is 35.5 Å². The van der Waals surface area contributed by atoms with Gasteiger partial charge in [0.05, 0.1) is 7.11 Å². The van der Waals surface area contributed by atoms with E-state index in [0.717, 1.165) is 33.3 Å². The Morgan fingerprint density at radius 2 is 1.88 bits per heavy atom. The number of fused-ring (bicyclic) bond motifs is 1. The van der Waals surface area contributed by atoms with Crippen LogP contribution in [0.5, 0.6) is 5.75 Å². The molecule has 3 aromatic heterocycles. The van der Waals surface area contributed by atoms with Gasteiger partial charge in [0.25, 0.3) is 5.91 Å². The number of carbonyl (C=O) groups excluding carboxylic acids is 1. The first-order chi connectivity index (χ1) is 16.2. The second kappa shape index (κ2) is 9.00. The molecule has 0 bridgehead atoms. The van der Waals surface area contributed by atoms with Crippen LogP contribution in [-0.2, 0) is 0 Å². The molecule has 0 spiro atoms. The molecule has 0 aliphatic heterocycles. The summed E-state index contributed by atoms with van der Waals surface area (Å²) in [4.78, 5) is 20.2. The molecule has 0 aliphatic carbocycles. The van der Waals surface area contributed by atoms with Crippen LogP contribution in [0, 0.1) is 0 Å². The van der Waals surface area contributed by atoms with Gasteiger partial charge in [-0.15, -0.1) is 0 Å². The van der Waals surface area contributed by atoms with Crippen molar-refractivity contribution in [1.82, 2.24) is 20.4 Å². The summed E-state index contributed by atoms with van der Waals surface area (Å²) in [6.07, 6.45) is 5.33. The van der Waals surface area contributed by atoms with Crippen molar-refractivity contribution in [3.63, 3.8) is 0 Å². The summed E-state index contributed by atoms with van der Waals surface area (Å²) in [5, 5.41) is 8.09. The van der Waals surface area contributed by atoms with Crippen LogP contribution < -0.4 is 10.1 Å². The number of benzene rings is 2. The standard InChI is InChI=1S/C26H22N4O3/c1-32-19-8-6-17(7-9-19)21(22-16-28-23-5-3-2-4-20(22)23)15-29-26(31)24-14-25(33-30-24)18-10-12-27-13-11-18/h2-14,16,21,28H,15H2,1H3,(H,29,31). The summed E-state index contributed by atoms with van der Waals surface area (Å²) < 4.78 is 10.7. The number of methoxy groups -OCH3 is 1. The zero-order valence-electron chi connectivity index (χ0n) is 18.0. The molecule has 7 nitrogen and oxygen atoms in total. The van der Waals surface area contributed by atoms with Crippen LogP contribution in [0.2, 0.25) is 0 Å². The van der Waals surface area contributed by atoms with E-state index < -0.39 is 0 Å². The maximum Gasteiger partial charge on any atom is 0.273 e. The van der Waals surface area contributed by atoms with Crippen LogP contribution in [0.4, 0.5) is 0 Å². The molecule has 2 N–H and O–H groups in total. The topological polar surface area (TPSA) is 93.0 Å². The van der Waals surface area contributed by atoms with Crippen LogP contribution in [0.1, 0.15) is 27.5 Å². The average molecular weight is 438 g/mol. The normalized spacial score (nSPS) is 11.9. The molecule has 5 rings (SSSR count). The highest BCUT2D eigenvalue weighted by molar-refractivity contribution is 5.93. The molecule has 3 heterocycles. The van der Waals surface area contributed by atoms with Crippen LogP contribution in [0.3, 0.4) is 0 Å². The molecule has 0 saturated carbocycles. The van der Waals surface area contributed by atoms with Crippen LogP contribution in [0.15, 0.2) is 89.8 Å². The molecule has 1 atom stereocenters. The molecule has 1 unspecified atom stereocenters. The van der Waals surface area contributed by atoms with Crippen molar-refractivity contribution in [1.29, 1.82) is 0 Å². The molecule has 0 saturated heterocycles. The SMILES string of the molecule is COc1ccc(C(CNC(=O)c2cc(-c3ccncc3)on2)c2c[nH]c3ccccc23)cc1. The van der Waals surface area contributed by atoms with Gasteiger partial charge in [-0.05, 0) is 41.5 Å². The van der Waals surface area contributed by atoms with E-state index in [-0.39, 0.29) is 17.5 Å². The second-order valence-electron chi connectivity index (χ2n) is 7.64. The van der Waals surface area contributed by atoms with E-state index >= 15 is 0 Å². The van der Waals surface area contributed by atoms with Gasteiger partial charge in [-0.25, -0.2) is 0 Å². The van der Waals surface area contributed by atoms with Crippen molar-refractivity contribution in [3.05, 3.63) is 102 Å². The number of aromatic nitrogens is 3. The molecule has 5 aromatic rings. The highest BCUT2D eigenvalue weighted by Gasteiger charge is 2.21. The van der Waals surface area contributed by atoms with E-state index in [1.54, 1.807) is 37.7 Å². The predicted molar refractivity (Wildman–Crippen MR) is 125 cm³/mol. The number of H-pyrrole nitrogens is 1. The third-order valence-electron chi connectivity index (χ3n) is 5.69. The van der Waals surface area contributed by atoms with Crippen LogP contribution >= 0.6 is 0 Å². The summed E-state index contributed by atoms with van der Waals surface area (Å²) in [5.74, 6) is 0.942. The van der Waals surface area contributed by atoms with Gasteiger partial charge < -0.3 is 19.6 Å². The lowest BCUT2D eigenvalue weighted by atomic mass is 9.90. The first-order valence-corrected chi connectivity index (χ1v) is 10.6. The number of pyridine rings is 1. The smallest absolute Gasteiger partial charge is 0.273 e. The summed E-state index contributed by atoms with van der Waals surface area (Å²) in [6.45, 7) is 0.393. The number of nitrogens with zero attached hydrogens (tertiary/aromatic N) is 2. The number of nitrogens with one attached hydrogen (secondary N) is 2. The molecule has 7 heteroatoms. The number of aromatic amines is 1. The molecule has 33 heavy (non-hydrogen) atoms. The molecule has 0 fully saturated rings.